The smallest absolute Gasteiger partial charge is 0.184 e. The maximum Gasteiger partial charge on any atom is 0.451 e. The summed E-state index contributed by atoms with van der Waals surface area (Å²) in [5.41, 5.74) is 0. The normalized spacial score (nSPS) is 21.6. The Morgan fingerprint density at radius 1 is 0.607 bits per heavy atom. The first-order valence-corrected chi connectivity index (χ1v) is 12.2. The standard InChI is InChI=1S/C14H26N6OP.C6H6/c1-2-9-17(8-1)22(18-10-3-4-11-18,19-12-5-6-13-19)21-20-14-7-15-16-20;1-2-4-6-5-3-1/h7,14H,1-6,8-13H2;1-6H/q+1;. The largest absolute Gasteiger partial charge is 0.451 e. The van der Waals surface area contributed by atoms with E-state index in [1.165, 1.54) is 38.5 Å². The zero-order valence-corrected chi connectivity index (χ0v) is 17.5. The van der Waals surface area contributed by atoms with Crippen LogP contribution in [0.4, 0.5) is 0 Å². The zero-order chi connectivity index (χ0) is 19.1. The Hall–Kier alpha value is -1.53. The lowest BCUT2D eigenvalue weighted by Crippen LogP contribution is -2.47. The Balaban J connectivity index is 0.000000275. The van der Waals surface area contributed by atoms with Crippen molar-refractivity contribution in [1.82, 2.24) is 29.2 Å². The average molecular weight is 403 g/mol. The Labute approximate surface area is 168 Å². The number of rotatable bonds is 5. The van der Waals surface area contributed by atoms with Crippen molar-refractivity contribution in [1.29, 1.82) is 0 Å². The van der Waals surface area contributed by atoms with Crippen LogP contribution in [0.3, 0.4) is 0 Å². The topological polar surface area (TPSA) is 49.7 Å². The van der Waals surface area contributed by atoms with Gasteiger partial charge in [-0.1, -0.05) is 36.4 Å². The first-order valence-electron chi connectivity index (χ1n) is 10.6. The first kappa shape index (κ1) is 19.8. The molecule has 5 rings (SSSR count). The minimum atomic E-state index is -1.97. The molecule has 3 fully saturated rings. The Kier molecular flexibility index (Phi) is 6.91. The van der Waals surface area contributed by atoms with Crippen molar-refractivity contribution in [2.75, 3.05) is 39.3 Å². The summed E-state index contributed by atoms with van der Waals surface area (Å²) in [6.45, 7) is 6.89. The van der Waals surface area contributed by atoms with Gasteiger partial charge in [-0.2, -0.15) is 4.62 Å². The van der Waals surface area contributed by atoms with E-state index in [9.17, 15) is 0 Å². The highest BCUT2D eigenvalue weighted by molar-refractivity contribution is 7.64. The van der Waals surface area contributed by atoms with Gasteiger partial charge in [0, 0.05) is 39.3 Å². The molecule has 4 heterocycles. The van der Waals surface area contributed by atoms with Crippen LogP contribution in [0.5, 0.6) is 0 Å². The summed E-state index contributed by atoms with van der Waals surface area (Å²) in [5, 5.41) is 8.04. The Morgan fingerprint density at radius 2 is 1.00 bits per heavy atom. The van der Waals surface area contributed by atoms with Crippen molar-refractivity contribution in [2.24, 2.45) is 0 Å². The highest BCUT2D eigenvalue weighted by atomic mass is 31.2. The maximum absolute atomic E-state index is 6.63. The molecule has 152 valence electrons. The summed E-state index contributed by atoms with van der Waals surface area (Å²) in [6.07, 6.45) is 11.2. The van der Waals surface area contributed by atoms with Crippen LogP contribution < -0.4 is 4.62 Å². The van der Waals surface area contributed by atoms with Crippen LogP contribution in [0.25, 0.3) is 0 Å². The van der Waals surface area contributed by atoms with E-state index in [4.69, 9.17) is 4.62 Å². The second-order valence-corrected chi connectivity index (χ2v) is 10.4. The predicted octanol–water partition coefficient (Wildman–Crippen LogP) is 3.36. The van der Waals surface area contributed by atoms with Crippen molar-refractivity contribution in [3.63, 3.8) is 0 Å². The van der Waals surface area contributed by atoms with Gasteiger partial charge >= 0.3 is 7.94 Å². The van der Waals surface area contributed by atoms with Gasteiger partial charge in [-0.05, 0) is 48.6 Å². The molecule has 3 saturated heterocycles. The van der Waals surface area contributed by atoms with Crippen LogP contribution in [0, 0.1) is 0 Å². The molecule has 1 aromatic carbocycles. The van der Waals surface area contributed by atoms with Gasteiger partial charge in [-0.15, -0.1) is 19.1 Å². The van der Waals surface area contributed by atoms with E-state index in [0.717, 1.165) is 39.3 Å². The van der Waals surface area contributed by atoms with Crippen LogP contribution in [0.15, 0.2) is 48.8 Å². The lowest BCUT2D eigenvalue weighted by molar-refractivity contribution is 0.161. The third kappa shape index (κ3) is 4.38. The number of aromatic nitrogens is 3. The minimum absolute atomic E-state index is 1.15. The second-order valence-electron chi connectivity index (χ2n) is 7.54. The molecule has 0 amide bonds. The fourth-order valence-corrected chi connectivity index (χ4v) is 8.42. The molecular weight excluding hydrogens is 371 g/mol. The van der Waals surface area contributed by atoms with Crippen molar-refractivity contribution >= 4 is 7.94 Å². The predicted molar refractivity (Wildman–Crippen MR) is 112 cm³/mol. The van der Waals surface area contributed by atoms with E-state index in [-0.39, 0.29) is 0 Å². The van der Waals surface area contributed by atoms with Gasteiger partial charge in [-0.25, -0.2) is 0 Å². The van der Waals surface area contributed by atoms with Crippen LogP contribution in [-0.2, 0) is 0 Å². The van der Waals surface area contributed by atoms with Gasteiger partial charge in [0.1, 0.15) is 0 Å². The molecule has 0 spiro atoms. The molecule has 3 aliphatic rings. The highest BCUT2D eigenvalue weighted by Gasteiger charge is 2.63. The van der Waals surface area contributed by atoms with Crippen molar-refractivity contribution in [2.45, 2.75) is 38.5 Å². The molecule has 28 heavy (non-hydrogen) atoms. The summed E-state index contributed by atoms with van der Waals surface area (Å²) in [7, 11) is -1.97. The van der Waals surface area contributed by atoms with Crippen LogP contribution >= 0.6 is 7.94 Å². The molecule has 3 aliphatic heterocycles. The zero-order valence-electron chi connectivity index (χ0n) is 16.6. The molecule has 8 heteroatoms. The van der Waals surface area contributed by atoms with Gasteiger partial charge in [0.05, 0.1) is 12.4 Å². The minimum Gasteiger partial charge on any atom is -0.184 e. The molecular formula is C20H32N6OP+. The Bertz CT molecular complexity index is 600. The molecule has 1 aromatic heterocycles. The average Bonchev–Trinajstić information content (AvgIpc) is 3.55. The summed E-state index contributed by atoms with van der Waals surface area (Å²) >= 11 is 0. The van der Waals surface area contributed by atoms with Crippen LogP contribution in [0.2, 0.25) is 0 Å². The van der Waals surface area contributed by atoms with Crippen molar-refractivity contribution < 1.29 is 4.62 Å². The fourth-order valence-electron chi connectivity index (χ4n) is 4.31. The number of hydrogen-bond acceptors (Lipinski definition) is 6. The third-order valence-corrected chi connectivity index (χ3v) is 9.41. The first-order chi connectivity index (χ1) is 13.9. The van der Waals surface area contributed by atoms with Gasteiger partial charge in [-0.3, -0.25) is 0 Å². The quantitative estimate of drug-likeness (QED) is 0.714. The van der Waals surface area contributed by atoms with E-state index in [1.807, 2.05) is 42.6 Å². The molecule has 0 saturated carbocycles. The summed E-state index contributed by atoms with van der Waals surface area (Å²) in [6, 6.07) is 12.0. The maximum atomic E-state index is 6.63. The van der Waals surface area contributed by atoms with E-state index in [1.54, 1.807) is 11.0 Å². The van der Waals surface area contributed by atoms with Gasteiger partial charge in [0.15, 0.2) is 0 Å². The molecule has 0 atom stereocenters. The summed E-state index contributed by atoms with van der Waals surface area (Å²) in [4.78, 5) is 1.60. The van der Waals surface area contributed by atoms with E-state index in [2.05, 4.69) is 24.3 Å². The summed E-state index contributed by atoms with van der Waals surface area (Å²) in [5.74, 6) is 0. The van der Waals surface area contributed by atoms with Crippen molar-refractivity contribution in [3.05, 3.63) is 48.8 Å². The molecule has 0 N–H and O–H groups in total. The molecule has 0 unspecified atom stereocenters. The van der Waals surface area contributed by atoms with Crippen molar-refractivity contribution in [3.8, 4) is 0 Å². The van der Waals surface area contributed by atoms with Gasteiger partial charge in [0.2, 0.25) is 0 Å². The van der Waals surface area contributed by atoms with E-state index >= 15 is 0 Å². The number of hydrogen-bond donors (Lipinski definition) is 0. The third-order valence-electron chi connectivity index (χ3n) is 5.61. The molecule has 0 aliphatic carbocycles. The molecule has 0 bridgehead atoms. The van der Waals surface area contributed by atoms with Gasteiger partial charge < -0.3 is 0 Å². The second kappa shape index (κ2) is 9.79. The van der Waals surface area contributed by atoms with Gasteiger partial charge in [0.25, 0.3) is 0 Å². The van der Waals surface area contributed by atoms with E-state index in [0.29, 0.717) is 0 Å². The molecule has 7 nitrogen and oxygen atoms in total. The molecule has 2 aromatic rings. The lowest BCUT2D eigenvalue weighted by atomic mass is 10.4. The highest BCUT2D eigenvalue weighted by Crippen LogP contribution is 2.68. The Morgan fingerprint density at radius 3 is 1.32 bits per heavy atom. The number of nitrogens with zero attached hydrogens (tertiary/aromatic N) is 6. The fraction of sp³-hybridized carbons (Fsp3) is 0.600. The van der Waals surface area contributed by atoms with Crippen LogP contribution in [0.1, 0.15) is 38.5 Å². The lowest BCUT2D eigenvalue weighted by Gasteiger charge is -2.39. The molecule has 0 radical (unpaired) electrons. The SMILES string of the molecule is c1ccccc1.c1cn(O[P+](N2CCCC2)(N2CCCC2)N2CCCC2)nn1. The summed E-state index contributed by atoms with van der Waals surface area (Å²) < 4.78 is 14.5. The van der Waals surface area contributed by atoms with E-state index < -0.39 is 7.94 Å². The monoisotopic (exact) mass is 403 g/mol. The van der Waals surface area contributed by atoms with Crippen LogP contribution in [-0.4, -0.2) is 68.4 Å². The number of benzene rings is 1.